The number of hydrogen-bond acceptors (Lipinski definition) is 5. The summed E-state index contributed by atoms with van der Waals surface area (Å²) in [6.07, 6.45) is -0.191. The molecule has 0 atom stereocenters. The van der Waals surface area contributed by atoms with Gasteiger partial charge in [-0.15, -0.1) is 0 Å². The summed E-state index contributed by atoms with van der Waals surface area (Å²) in [5.74, 6) is -0.312. The summed E-state index contributed by atoms with van der Waals surface area (Å²) in [5, 5.41) is 9.69. The molecule has 7 heteroatoms. The van der Waals surface area contributed by atoms with Crippen LogP contribution in [0.4, 0.5) is 0 Å². The second-order valence-corrected chi connectivity index (χ2v) is 7.20. The van der Waals surface area contributed by atoms with E-state index in [1.807, 2.05) is 29.0 Å². The van der Waals surface area contributed by atoms with E-state index < -0.39 is 15.9 Å². The van der Waals surface area contributed by atoms with Gasteiger partial charge in [0.1, 0.15) is 11.3 Å². The summed E-state index contributed by atoms with van der Waals surface area (Å²) < 4.78 is 32.3. The summed E-state index contributed by atoms with van der Waals surface area (Å²) in [7, 11) is -4.02. The SMILES string of the molecule is Cc1cc(C#N)ccc1S(=O)(=O)NC(=O)Cc1cc2ccccc2o1. The lowest BCUT2D eigenvalue weighted by atomic mass is 10.2. The highest BCUT2D eigenvalue weighted by molar-refractivity contribution is 7.90. The van der Waals surface area contributed by atoms with E-state index >= 15 is 0 Å². The minimum atomic E-state index is -4.02. The fraction of sp³-hybridized carbons (Fsp3) is 0.111. The van der Waals surface area contributed by atoms with E-state index in [1.165, 1.54) is 18.2 Å². The van der Waals surface area contributed by atoms with Crippen LogP contribution in [-0.4, -0.2) is 14.3 Å². The number of nitriles is 1. The van der Waals surface area contributed by atoms with Crippen LogP contribution in [0.25, 0.3) is 11.0 Å². The average molecular weight is 354 g/mol. The van der Waals surface area contributed by atoms with Gasteiger partial charge in [0.25, 0.3) is 10.0 Å². The Balaban J connectivity index is 1.78. The zero-order valence-electron chi connectivity index (χ0n) is 13.3. The Morgan fingerprint density at radius 1 is 1.20 bits per heavy atom. The molecule has 0 saturated heterocycles. The van der Waals surface area contributed by atoms with Gasteiger partial charge in [0.05, 0.1) is 22.9 Å². The molecule has 0 bridgehead atoms. The van der Waals surface area contributed by atoms with Crippen molar-refractivity contribution in [2.75, 3.05) is 0 Å². The molecule has 0 unspecified atom stereocenters. The normalized spacial score (nSPS) is 11.2. The number of amides is 1. The molecular weight excluding hydrogens is 340 g/mol. The molecule has 0 radical (unpaired) electrons. The van der Waals surface area contributed by atoms with E-state index in [1.54, 1.807) is 19.1 Å². The molecule has 0 spiro atoms. The monoisotopic (exact) mass is 354 g/mol. The number of benzene rings is 2. The van der Waals surface area contributed by atoms with Gasteiger partial charge in [0, 0.05) is 5.39 Å². The number of sulfonamides is 1. The maximum atomic E-state index is 12.4. The molecule has 0 fully saturated rings. The smallest absolute Gasteiger partial charge is 0.264 e. The van der Waals surface area contributed by atoms with Crippen LogP contribution in [0.5, 0.6) is 0 Å². The van der Waals surface area contributed by atoms with Crippen LogP contribution in [-0.2, 0) is 21.2 Å². The molecular formula is C18H14N2O4S. The highest BCUT2D eigenvalue weighted by Gasteiger charge is 2.21. The first-order valence-electron chi connectivity index (χ1n) is 7.43. The van der Waals surface area contributed by atoms with Crippen LogP contribution in [0.3, 0.4) is 0 Å². The van der Waals surface area contributed by atoms with Crippen LogP contribution in [0.1, 0.15) is 16.9 Å². The van der Waals surface area contributed by atoms with Crippen LogP contribution in [0.15, 0.2) is 57.8 Å². The maximum absolute atomic E-state index is 12.4. The largest absolute Gasteiger partial charge is 0.461 e. The Hall–Kier alpha value is -3.11. The fourth-order valence-electron chi connectivity index (χ4n) is 2.54. The number of carbonyl (C=O) groups excluding carboxylic acids is 1. The van der Waals surface area contributed by atoms with Gasteiger partial charge in [0.2, 0.25) is 5.91 Å². The molecule has 0 aliphatic rings. The van der Waals surface area contributed by atoms with E-state index in [-0.39, 0.29) is 11.3 Å². The third-order valence-electron chi connectivity index (χ3n) is 3.65. The van der Waals surface area contributed by atoms with Crippen molar-refractivity contribution in [2.24, 2.45) is 0 Å². The van der Waals surface area contributed by atoms with Gasteiger partial charge in [-0.25, -0.2) is 13.1 Å². The van der Waals surface area contributed by atoms with E-state index in [4.69, 9.17) is 9.68 Å². The van der Waals surface area contributed by atoms with Gasteiger partial charge in [-0.05, 0) is 42.8 Å². The predicted molar refractivity (Wildman–Crippen MR) is 91.1 cm³/mol. The van der Waals surface area contributed by atoms with Crippen LogP contribution < -0.4 is 4.72 Å². The van der Waals surface area contributed by atoms with E-state index in [0.29, 0.717) is 22.5 Å². The van der Waals surface area contributed by atoms with Crippen molar-refractivity contribution in [3.8, 4) is 6.07 Å². The molecule has 0 aliphatic carbocycles. The molecule has 1 N–H and O–H groups in total. The highest BCUT2D eigenvalue weighted by atomic mass is 32.2. The van der Waals surface area contributed by atoms with Crippen molar-refractivity contribution < 1.29 is 17.6 Å². The van der Waals surface area contributed by atoms with Crippen molar-refractivity contribution in [1.29, 1.82) is 5.26 Å². The zero-order valence-corrected chi connectivity index (χ0v) is 14.1. The molecule has 0 saturated carbocycles. The maximum Gasteiger partial charge on any atom is 0.264 e. The van der Waals surface area contributed by atoms with Crippen molar-refractivity contribution in [3.05, 3.63) is 65.4 Å². The van der Waals surface area contributed by atoms with Crippen molar-refractivity contribution in [3.63, 3.8) is 0 Å². The summed E-state index contributed by atoms with van der Waals surface area (Å²) in [6.45, 7) is 1.57. The predicted octanol–water partition coefficient (Wildman–Crippen LogP) is 2.66. The average Bonchev–Trinajstić information content (AvgIpc) is 2.95. The molecule has 6 nitrogen and oxygen atoms in total. The van der Waals surface area contributed by atoms with E-state index in [2.05, 4.69) is 0 Å². The van der Waals surface area contributed by atoms with Gasteiger partial charge in [-0.2, -0.15) is 5.26 Å². The van der Waals surface area contributed by atoms with Gasteiger partial charge in [-0.1, -0.05) is 18.2 Å². The molecule has 25 heavy (non-hydrogen) atoms. The lowest BCUT2D eigenvalue weighted by molar-refractivity contribution is -0.118. The summed E-state index contributed by atoms with van der Waals surface area (Å²) in [6, 6.07) is 15.1. The van der Waals surface area contributed by atoms with Crippen molar-refractivity contribution >= 4 is 26.9 Å². The van der Waals surface area contributed by atoms with Gasteiger partial charge < -0.3 is 4.42 Å². The minimum absolute atomic E-state index is 0.0375. The number of aryl methyl sites for hydroxylation is 1. The Labute approximate surface area is 144 Å². The number of fused-ring (bicyclic) bond motifs is 1. The molecule has 126 valence electrons. The number of nitrogens with one attached hydrogen (secondary N) is 1. The summed E-state index contributed by atoms with van der Waals surface area (Å²) >= 11 is 0. The lowest BCUT2D eigenvalue weighted by Crippen LogP contribution is -2.32. The first kappa shape index (κ1) is 16.7. The fourth-order valence-corrected chi connectivity index (χ4v) is 3.76. The number of rotatable bonds is 4. The Kier molecular flexibility index (Phi) is 4.30. The van der Waals surface area contributed by atoms with Gasteiger partial charge in [0.15, 0.2) is 0 Å². The first-order valence-corrected chi connectivity index (χ1v) is 8.91. The van der Waals surface area contributed by atoms with Crippen LogP contribution in [0, 0.1) is 18.3 Å². The van der Waals surface area contributed by atoms with Crippen molar-refractivity contribution in [2.45, 2.75) is 18.2 Å². The third-order valence-corrected chi connectivity index (χ3v) is 5.19. The Morgan fingerprint density at radius 2 is 1.96 bits per heavy atom. The molecule has 3 aromatic rings. The molecule has 0 aliphatic heterocycles. The Bertz CT molecular complexity index is 1070. The molecule has 1 aromatic heterocycles. The Morgan fingerprint density at radius 3 is 2.64 bits per heavy atom. The van der Waals surface area contributed by atoms with Crippen LogP contribution in [0.2, 0.25) is 0 Å². The molecule has 1 amide bonds. The van der Waals surface area contributed by atoms with Gasteiger partial charge in [-0.3, -0.25) is 4.79 Å². The van der Waals surface area contributed by atoms with Crippen LogP contribution >= 0.6 is 0 Å². The quantitative estimate of drug-likeness (QED) is 0.776. The second-order valence-electron chi connectivity index (χ2n) is 5.55. The molecule has 1 heterocycles. The van der Waals surface area contributed by atoms with Gasteiger partial charge >= 0.3 is 0 Å². The van der Waals surface area contributed by atoms with E-state index in [0.717, 1.165) is 5.39 Å². The van der Waals surface area contributed by atoms with Crippen molar-refractivity contribution in [1.82, 2.24) is 4.72 Å². The molecule has 3 rings (SSSR count). The minimum Gasteiger partial charge on any atom is -0.461 e. The third kappa shape index (κ3) is 3.54. The molecule has 2 aromatic carbocycles. The van der Waals surface area contributed by atoms with E-state index in [9.17, 15) is 13.2 Å². The topological polar surface area (TPSA) is 100 Å². The lowest BCUT2D eigenvalue weighted by Gasteiger charge is -2.09. The number of para-hydroxylation sites is 1. The number of carbonyl (C=O) groups is 1. The zero-order chi connectivity index (χ0) is 18.0. The highest BCUT2D eigenvalue weighted by Crippen LogP contribution is 2.20. The number of hydrogen-bond donors (Lipinski definition) is 1. The standard InChI is InChI=1S/C18H14N2O4S/c1-12-8-13(11-19)6-7-17(12)25(22,23)20-18(21)10-15-9-14-4-2-3-5-16(14)24-15/h2-9H,10H2,1H3,(H,20,21). The summed E-state index contributed by atoms with van der Waals surface area (Å²) in [5.41, 5.74) is 1.38. The number of furan rings is 1. The second kappa shape index (κ2) is 6.42. The summed E-state index contributed by atoms with van der Waals surface area (Å²) in [4.78, 5) is 12.1. The first-order chi connectivity index (χ1) is 11.9. The number of nitrogens with zero attached hydrogens (tertiary/aromatic N) is 1.